The minimum Gasteiger partial charge on any atom is -0.309 e. The van der Waals surface area contributed by atoms with Crippen LogP contribution in [0.2, 0.25) is 0 Å². The average Bonchev–Trinajstić information content (AvgIpc) is 2.77. The molecule has 0 heterocycles. The van der Waals surface area contributed by atoms with Crippen molar-refractivity contribution in [1.82, 2.24) is 5.32 Å². The van der Waals surface area contributed by atoms with E-state index >= 15 is 0 Å². The molecule has 1 aliphatic carbocycles. The van der Waals surface area contributed by atoms with Crippen LogP contribution in [0.4, 0.5) is 8.78 Å². The largest absolute Gasteiger partial charge is 0.309 e. The lowest BCUT2D eigenvalue weighted by atomic mass is 10.1. The Morgan fingerprint density at radius 2 is 2.07 bits per heavy atom. The summed E-state index contributed by atoms with van der Waals surface area (Å²) in [5, 5.41) is 3.22. The van der Waals surface area contributed by atoms with Crippen LogP contribution in [0.25, 0.3) is 0 Å². The smallest absolute Gasteiger partial charge is 0.163 e. The van der Waals surface area contributed by atoms with Gasteiger partial charge in [0.05, 0.1) is 0 Å². The zero-order valence-corrected chi connectivity index (χ0v) is 8.98. The molecule has 0 spiro atoms. The van der Waals surface area contributed by atoms with Crippen molar-refractivity contribution in [3.05, 3.63) is 35.4 Å². The molecule has 0 radical (unpaired) electrons. The van der Waals surface area contributed by atoms with Crippen LogP contribution in [0.5, 0.6) is 0 Å². The molecule has 0 aliphatic heterocycles. The molecule has 2 rings (SSSR count). The summed E-state index contributed by atoms with van der Waals surface area (Å²) in [6.07, 6.45) is 1.10. The van der Waals surface area contributed by atoms with Gasteiger partial charge in [-0.2, -0.15) is 0 Å². The van der Waals surface area contributed by atoms with E-state index < -0.39 is 11.6 Å². The Hall–Kier alpha value is -0.960. The normalized spacial score (nSPS) is 22.8. The molecular formula is C12H15F2N. The fourth-order valence-electron chi connectivity index (χ4n) is 1.73. The number of hydrogen-bond donors (Lipinski definition) is 1. The molecule has 1 aromatic carbocycles. The molecule has 0 amide bonds. The second-order valence-corrected chi connectivity index (χ2v) is 4.84. The Kier molecular flexibility index (Phi) is 2.51. The van der Waals surface area contributed by atoms with E-state index in [-0.39, 0.29) is 0 Å². The van der Waals surface area contributed by atoms with Gasteiger partial charge in [-0.25, -0.2) is 8.78 Å². The van der Waals surface area contributed by atoms with E-state index in [1.54, 1.807) is 6.07 Å². The van der Waals surface area contributed by atoms with Crippen LogP contribution in [0.3, 0.4) is 0 Å². The lowest BCUT2D eigenvalue weighted by Crippen LogP contribution is -2.20. The highest BCUT2D eigenvalue weighted by Gasteiger charge is 2.45. The van der Waals surface area contributed by atoms with Crippen molar-refractivity contribution in [2.75, 3.05) is 0 Å². The lowest BCUT2D eigenvalue weighted by molar-refractivity contribution is 0.484. The number of halogens is 2. The molecule has 15 heavy (non-hydrogen) atoms. The molecule has 1 saturated carbocycles. The van der Waals surface area contributed by atoms with E-state index in [4.69, 9.17) is 0 Å². The predicted octanol–water partition coefficient (Wildman–Crippen LogP) is 2.85. The van der Waals surface area contributed by atoms with E-state index in [1.165, 1.54) is 6.07 Å². The molecule has 1 nitrogen and oxygen atoms in total. The van der Waals surface area contributed by atoms with E-state index in [9.17, 15) is 8.78 Å². The molecule has 1 fully saturated rings. The van der Waals surface area contributed by atoms with Crippen molar-refractivity contribution in [3.63, 3.8) is 0 Å². The van der Waals surface area contributed by atoms with Crippen molar-refractivity contribution in [2.24, 2.45) is 5.41 Å². The molecule has 3 heteroatoms. The standard InChI is InChI=1S/C12H15F2N/c1-12(2)6-10(12)15-7-8-4-3-5-9(13)11(8)14/h3-5,10,15H,6-7H2,1-2H3. The molecule has 0 aromatic heterocycles. The van der Waals surface area contributed by atoms with Crippen LogP contribution >= 0.6 is 0 Å². The van der Waals surface area contributed by atoms with Gasteiger partial charge in [-0.1, -0.05) is 26.0 Å². The quantitative estimate of drug-likeness (QED) is 0.810. The molecule has 0 bridgehead atoms. The zero-order chi connectivity index (χ0) is 11.1. The van der Waals surface area contributed by atoms with Gasteiger partial charge in [0.25, 0.3) is 0 Å². The maximum Gasteiger partial charge on any atom is 0.163 e. The van der Waals surface area contributed by atoms with Gasteiger partial charge in [0, 0.05) is 18.2 Å². The van der Waals surface area contributed by atoms with E-state index in [2.05, 4.69) is 19.2 Å². The van der Waals surface area contributed by atoms with E-state index in [0.29, 0.717) is 23.6 Å². The number of nitrogens with one attached hydrogen (secondary N) is 1. The number of rotatable bonds is 3. The molecule has 1 atom stereocenters. The summed E-state index contributed by atoms with van der Waals surface area (Å²) in [4.78, 5) is 0. The summed E-state index contributed by atoms with van der Waals surface area (Å²) < 4.78 is 26.1. The number of hydrogen-bond acceptors (Lipinski definition) is 1. The van der Waals surface area contributed by atoms with Crippen LogP contribution in [0.1, 0.15) is 25.8 Å². The average molecular weight is 211 g/mol. The van der Waals surface area contributed by atoms with Crippen molar-refractivity contribution >= 4 is 0 Å². The van der Waals surface area contributed by atoms with Crippen molar-refractivity contribution in [3.8, 4) is 0 Å². The topological polar surface area (TPSA) is 12.0 Å². The predicted molar refractivity (Wildman–Crippen MR) is 55.4 cm³/mol. The maximum atomic E-state index is 13.3. The summed E-state index contributed by atoms with van der Waals surface area (Å²) in [7, 11) is 0. The molecule has 1 N–H and O–H groups in total. The summed E-state index contributed by atoms with van der Waals surface area (Å²) in [5.74, 6) is -1.51. The Bertz CT molecular complexity index is 374. The second-order valence-electron chi connectivity index (χ2n) is 4.84. The summed E-state index contributed by atoms with van der Waals surface area (Å²) >= 11 is 0. The third-order valence-electron chi connectivity index (χ3n) is 3.08. The van der Waals surface area contributed by atoms with Crippen LogP contribution in [0, 0.1) is 17.0 Å². The Morgan fingerprint density at radius 1 is 1.40 bits per heavy atom. The van der Waals surface area contributed by atoms with Crippen LogP contribution in [-0.2, 0) is 6.54 Å². The second kappa shape index (κ2) is 3.56. The van der Waals surface area contributed by atoms with Gasteiger partial charge in [-0.15, -0.1) is 0 Å². The van der Waals surface area contributed by atoms with Gasteiger partial charge >= 0.3 is 0 Å². The van der Waals surface area contributed by atoms with Crippen LogP contribution in [-0.4, -0.2) is 6.04 Å². The monoisotopic (exact) mass is 211 g/mol. The molecule has 82 valence electrons. The third kappa shape index (κ3) is 2.17. The Labute approximate surface area is 88.5 Å². The van der Waals surface area contributed by atoms with E-state index in [1.807, 2.05) is 0 Å². The lowest BCUT2D eigenvalue weighted by Gasteiger charge is -2.07. The Balaban J connectivity index is 1.97. The van der Waals surface area contributed by atoms with Gasteiger partial charge in [0.1, 0.15) is 0 Å². The van der Waals surface area contributed by atoms with Gasteiger partial charge in [-0.05, 0) is 17.9 Å². The van der Waals surface area contributed by atoms with Gasteiger partial charge in [0.15, 0.2) is 11.6 Å². The zero-order valence-electron chi connectivity index (χ0n) is 8.98. The third-order valence-corrected chi connectivity index (χ3v) is 3.08. The SMILES string of the molecule is CC1(C)CC1NCc1cccc(F)c1F. The first-order valence-corrected chi connectivity index (χ1v) is 5.17. The summed E-state index contributed by atoms with van der Waals surface area (Å²) in [6, 6.07) is 4.72. The highest BCUT2D eigenvalue weighted by Crippen LogP contribution is 2.44. The maximum absolute atomic E-state index is 13.3. The van der Waals surface area contributed by atoms with Crippen LogP contribution < -0.4 is 5.32 Å². The Morgan fingerprint density at radius 3 is 2.67 bits per heavy atom. The molecule has 0 saturated heterocycles. The van der Waals surface area contributed by atoms with Gasteiger partial charge in [0.2, 0.25) is 0 Å². The summed E-state index contributed by atoms with van der Waals surface area (Å²) in [6.45, 7) is 4.72. The highest BCUT2D eigenvalue weighted by atomic mass is 19.2. The van der Waals surface area contributed by atoms with E-state index in [0.717, 1.165) is 12.5 Å². The molecule has 1 unspecified atom stereocenters. The minimum atomic E-state index is -0.774. The van der Waals surface area contributed by atoms with Crippen LogP contribution in [0.15, 0.2) is 18.2 Å². The first-order valence-electron chi connectivity index (χ1n) is 5.17. The van der Waals surface area contributed by atoms with Crippen molar-refractivity contribution in [1.29, 1.82) is 0 Å². The fraction of sp³-hybridized carbons (Fsp3) is 0.500. The van der Waals surface area contributed by atoms with Crippen molar-refractivity contribution < 1.29 is 8.78 Å². The van der Waals surface area contributed by atoms with Crippen molar-refractivity contribution in [2.45, 2.75) is 32.9 Å². The molecule has 1 aliphatic rings. The van der Waals surface area contributed by atoms with Gasteiger partial charge < -0.3 is 5.32 Å². The molecular weight excluding hydrogens is 196 g/mol. The fourth-order valence-corrected chi connectivity index (χ4v) is 1.73. The first kappa shape index (κ1) is 10.6. The highest BCUT2D eigenvalue weighted by molar-refractivity contribution is 5.19. The first-order chi connectivity index (χ1) is 7.00. The summed E-state index contributed by atoms with van der Waals surface area (Å²) in [5.41, 5.74) is 0.710. The minimum absolute atomic E-state index is 0.309. The molecule has 1 aromatic rings. The van der Waals surface area contributed by atoms with Gasteiger partial charge in [-0.3, -0.25) is 0 Å². The number of benzene rings is 1.